The molecular formula is C50H42Cl2Fe2SiZr-2. The molecule has 0 amide bonds. The fourth-order valence-corrected chi connectivity index (χ4v) is 6.98. The normalized spacial score (nSPS) is 10.2. The van der Waals surface area contributed by atoms with E-state index in [9.17, 15) is 0 Å². The Hall–Kier alpha value is -3.00. The van der Waals surface area contributed by atoms with E-state index in [1.165, 1.54) is 90.1 Å². The van der Waals surface area contributed by atoms with E-state index in [2.05, 4.69) is 134 Å². The van der Waals surface area contributed by atoms with Gasteiger partial charge in [0.2, 0.25) is 0 Å². The minimum atomic E-state index is 0. The Morgan fingerprint density at radius 2 is 1.00 bits per heavy atom. The van der Waals surface area contributed by atoms with Gasteiger partial charge in [-0.15, -0.1) is 16.7 Å². The molecule has 0 aromatic heterocycles. The van der Waals surface area contributed by atoms with Gasteiger partial charge in [0, 0.05) is 0 Å². The zero-order valence-corrected chi connectivity index (χ0v) is 38.2. The summed E-state index contributed by atoms with van der Waals surface area (Å²) < 4.78 is 0. The van der Waals surface area contributed by atoms with E-state index in [4.69, 9.17) is 0 Å². The van der Waals surface area contributed by atoms with E-state index in [-0.39, 0.29) is 59.0 Å². The van der Waals surface area contributed by atoms with E-state index in [0.29, 0.717) is 0 Å². The van der Waals surface area contributed by atoms with Crippen molar-refractivity contribution in [1.29, 1.82) is 0 Å². The van der Waals surface area contributed by atoms with Crippen molar-refractivity contribution in [2.75, 3.05) is 0 Å². The van der Waals surface area contributed by atoms with Crippen LogP contribution in [0.2, 0.25) is 0 Å². The van der Waals surface area contributed by atoms with Crippen LogP contribution in [0.15, 0.2) is 182 Å². The topological polar surface area (TPSA) is 0 Å². The summed E-state index contributed by atoms with van der Waals surface area (Å²) in [5.41, 5.74) is 16.9. The maximum absolute atomic E-state index is 3.83. The average Bonchev–Trinajstić information content (AvgIpc) is 4.06. The Labute approximate surface area is 385 Å². The van der Waals surface area contributed by atoms with Crippen LogP contribution >= 0.6 is 0 Å². The number of fused-ring (bicyclic) bond motifs is 6. The average molecular weight is 945 g/mol. The summed E-state index contributed by atoms with van der Waals surface area (Å²) in [6.45, 7) is 3.06. The van der Waals surface area contributed by atoms with Crippen molar-refractivity contribution in [3.63, 3.8) is 0 Å². The third-order valence-electron chi connectivity index (χ3n) is 9.55. The molecule has 0 nitrogen and oxygen atoms in total. The number of rotatable bonds is 6. The van der Waals surface area contributed by atoms with Gasteiger partial charge in [-0.25, -0.2) is 48.5 Å². The first kappa shape index (κ1) is 49.1. The van der Waals surface area contributed by atoms with Crippen molar-refractivity contribution >= 4 is 6.88 Å². The second-order valence-corrected chi connectivity index (χ2v) is 12.9. The maximum Gasteiger partial charge on any atom is -0.0253 e. The van der Waals surface area contributed by atoms with Crippen LogP contribution in [0.3, 0.4) is 0 Å². The summed E-state index contributed by atoms with van der Waals surface area (Å²) in [5.74, 6) is 0. The molecule has 0 saturated heterocycles. The fourth-order valence-electron chi connectivity index (χ4n) is 6.98. The summed E-state index contributed by atoms with van der Waals surface area (Å²) in [4.78, 5) is 0. The Morgan fingerprint density at radius 1 is 0.500 bits per heavy atom. The Balaban J connectivity index is 0.000000310. The Kier molecular flexibility index (Phi) is 23.5. The first-order valence-electron chi connectivity index (χ1n) is 18.0. The second kappa shape index (κ2) is 26.8. The molecule has 282 valence electrons. The molecule has 56 heavy (non-hydrogen) atoms. The van der Waals surface area contributed by atoms with E-state index in [1.807, 2.05) is 66.7 Å². The summed E-state index contributed by atoms with van der Waals surface area (Å²) >= 11 is 1.36. The van der Waals surface area contributed by atoms with Gasteiger partial charge in [-0.3, -0.25) is 0 Å². The summed E-state index contributed by atoms with van der Waals surface area (Å²) in [6.07, 6.45) is 6.43. The molecule has 0 fully saturated rings. The molecule has 0 spiro atoms. The summed E-state index contributed by atoms with van der Waals surface area (Å²) in [5, 5.41) is 0. The zero-order chi connectivity index (χ0) is 35.8. The molecule has 0 heterocycles. The van der Waals surface area contributed by atoms with Crippen molar-refractivity contribution in [2.45, 2.75) is 38.5 Å². The standard InChI is InChI=1S/C27H23.C13H9.2C5H5.2ClH.2Fe.Si.Zr/c1-2-8-20(7-1)13-15-22-17-25-18-24-11-5-6-12-26(24)27(25)19-23(22)16-14-21-9-3-4-10-21;1-3-7-12-10(5-1)9-11-6-2-4-8-13(11)12;2*1-2-4-5-3-1;;;;;;/h1-12,19H,13-16,18H2;1-5,7-8H,9H2;2*1-5H;2*1H;;;;/q-3;3*-1;;;2*+2;;+2/p-2. The number of benzene rings is 4. The summed E-state index contributed by atoms with van der Waals surface area (Å²) in [6, 6.07) is 70.7. The molecule has 2 radical (unpaired) electrons. The van der Waals surface area contributed by atoms with E-state index >= 15 is 0 Å². The number of hydrogen-bond acceptors (Lipinski definition) is 0. The molecule has 0 saturated carbocycles. The van der Waals surface area contributed by atoms with Gasteiger partial charge in [0.25, 0.3) is 0 Å². The van der Waals surface area contributed by atoms with Gasteiger partial charge >= 0.3 is 64.4 Å². The fraction of sp³-hybridized carbons (Fsp3) is 0.120. The van der Waals surface area contributed by atoms with Gasteiger partial charge in [0.05, 0.1) is 0 Å². The monoisotopic (exact) mass is 942 g/mol. The molecule has 2 aliphatic carbocycles. The van der Waals surface area contributed by atoms with Crippen molar-refractivity contribution < 1.29 is 82.3 Å². The van der Waals surface area contributed by atoms with Gasteiger partial charge in [0.1, 0.15) is 0 Å². The molecule has 0 aliphatic heterocycles. The van der Waals surface area contributed by atoms with Gasteiger partial charge in [-0.1, -0.05) is 83.6 Å². The van der Waals surface area contributed by atoms with Crippen molar-refractivity contribution in [3.05, 3.63) is 239 Å². The smallest absolute Gasteiger partial charge is 0.0253 e. The quantitative estimate of drug-likeness (QED) is 0.152. The predicted molar refractivity (Wildman–Crippen MR) is 216 cm³/mol. The molecule has 0 N–H and O–H groups in total. The molecule has 0 unspecified atom stereocenters. The second-order valence-electron chi connectivity index (χ2n) is 12.9. The maximum atomic E-state index is 3.83. The van der Waals surface area contributed by atoms with E-state index in [1.54, 1.807) is 0 Å². The van der Waals surface area contributed by atoms with Crippen LogP contribution in [0.5, 0.6) is 0 Å². The van der Waals surface area contributed by atoms with Crippen LogP contribution in [0, 0.1) is 12.1 Å². The van der Waals surface area contributed by atoms with Crippen LogP contribution in [0.25, 0.3) is 22.3 Å². The van der Waals surface area contributed by atoms with Gasteiger partial charge in [0.15, 0.2) is 0 Å². The van der Waals surface area contributed by atoms with Crippen LogP contribution < -0.4 is 24.8 Å². The third-order valence-corrected chi connectivity index (χ3v) is 9.55. The third kappa shape index (κ3) is 13.8. The molecule has 0 atom stereocenters. The van der Waals surface area contributed by atoms with Crippen molar-refractivity contribution in [3.8, 4) is 22.3 Å². The SMILES string of the molecule is [Cl-].[Cl-].[Fe+2].[Fe+2].[Si]=[Zr+2].[c-]1c(CCc2ccc[cH-]2)c(CCc2ccc[cH-]2)cc2c1Cc1ccccc1-2.[c-]1cccc2c1Cc1ccccc1-2.c1cc[cH-]c1.c1cc[cH-]c1. The van der Waals surface area contributed by atoms with Gasteiger partial charge in [-0.05, 0) is 25.7 Å². The molecule has 2 aliphatic rings. The molecular weight excluding hydrogens is 902 g/mol. The largest absolute Gasteiger partial charge is 0.214 e. The first-order chi connectivity index (χ1) is 25.8. The number of hydrogen-bond donors (Lipinski definition) is 0. The zero-order valence-electron chi connectivity index (χ0n) is 31.0. The van der Waals surface area contributed by atoms with Gasteiger partial charge in [-0.2, -0.15) is 125 Å². The van der Waals surface area contributed by atoms with Crippen molar-refractivity contribution in [1.82, 2.24) is 0 Å². The first-order valence-corrected chi connectivity index (χ1v) is 22.2. The number of halogens is 2. The molecule has 8 aromatic carbocycles. The molecule has 6 heteroatoms. The summed E-state index contributed by atoms with van der Waals surface area (Å²) in [7, 11) is 0. The van der Waals surface area contributed by atoms with Crippen molar-refractivity contribution in [2.24, 2.45) is 0 Å². The van der Waals surface area contributed by atoms with Gasteiger partial charge < -0.3 is 24.8 Å². The number of aryl methyl sites for hydroxylation is 4. The van der Waals surface area contributed by atoms with E-state index in [0.717, 1.165) is 38.5 Å². The Bertz CT molecular complexity index is 2080. The molecule has 10 rings (SSSR count). The van der Waals surface area contributed by atoms with Crippen LogP contribution in [0.1, 0.15) is 44.5 Å². The molecule has 0 bridgehead atoms. The minimum Gasteiger partial charge on any atom is -0.214 e. The molecule has 8 aromatic rings. The van der Waals surface area contributed by atoms with E-state index < -0.39 is 0 Å². The van der Waals surface area contributed by atoms with Crippen LogP contribution in [0.4, 0.5) is 0 Å². The van der Waals surface area contributed by atoms with Crippen LogP contribution in [-0.4, -0.2) is 6.88 Å². The van der Waals surface area contributed by atoms with Crippen LogP contribution in [-0.2, 0) is 96.0 Å². The minimum absolute atomic E-state index is 0. The Morgan fingerprint density at radius 3 is 1.52 bits per heavy atom. The predicted octanol–water partition coefficient (Wildman–Crippen LogP) is 5.55.